The molecule has 1 N–H and O–H groups in total. The number of oxime groups is 1. The summed E-state index contributed by atoms with van der Waals surface area (Å²) >= 11 is 0. The summed E-state index contributed by atoms with van der Waals surface area (Å²) in [5, 5.41) is 7.46. The van der Waals surface area contributed by atoms with Crippen LogP contribution in [-0.4, -0.2) is 25.4 Å². The molecule has 0 saturated heterocycles. The summed E-state index contributed by atoms with van der Waals surface area (Å²) in [4.78, 5) is 5.32. The highest BCUT2D eigenvalue weighted by Gasteiger charge is 1.98. The van der Waals surface area contributed by atoms with Crippen LogP contribution >= 0.6 is 0 Å². The Balaban J connectivity index is 2.34. The standard InChI is InChI=1S/C17H26N2O/c1-5-6-16-7-9-17(10-8-16)15(4)19-20-12-11-18-13-14(2)3/h5,7-10,14,18H,1,6,11-13H2,2-4H3/b19-15+. The van der Waals surface area contributed by atoms with Gasteiger partial charge in [0.05, 0.1) is 5.71 Å². The summed E-state index contributed by atoms with van der Waals surface area (Å²) in [6, 6.07) is 8.33. The first kappa shape index (κ1) is 16.4. The van der Waals surface area contributed by atoms with Crippen molar-refractivity contribution in [2.75, 3.05) is 19.7 Å². The molecule has 0 aliphatic heterocycles. The molecule has 1 aromatic rings. The van der Waals surface area contributed by atoms with E-state index in [1.54, 1.807) is 0 Å². The van der Waals surface area contributed by atoms with E-state index in [1.165, 1.54) is 5.56 Å². The number of hydrogen-bond donors (Lipinski definition) is 1. The third-order valence-corrected chi connectivity index (χ3v) is 2.88. The van der Waals surface area contributed by atoms with Crippen LogP contribution in [0, 0.1) is 5.92 Å². The van der Waals surface area contributed by atoms with Crippen LogP contribution in [0.1, 0.15) is 31.9 Å². The van der Waals surface area contributed by atoms with Crippen LogP contribution in [0.5, 0.6) is 0 Å². The summed E-state index contributed by atoms with van der Waals surface area (Å²) in [5.41, 5.74) is 3.25. The number of nitrogens with zero attached hydrogens (tertiary/aromatic N) is 1. The van der Waals surface area contributed by atoms with Crippen molar-refractivity contribution in [3.63, 3.8) is 0 Å². The third kappa shape index (κ3) is 6.53. The normalized spacial score (nSPS) is 11.7. The molecule has 0 spiro atoms. The Hall–Kier alpha value is -1.61. The quantitative estimate of drug-likeness (QED) is 0.324. The average molecular weight is 274 g/mol. The van der Waals surface area contributed by atoms with E-state index in [9.17, 15) is 0 Å². The number of nitrogens with one attached hydrogen (secondary N) is 1. The SMILES string of the molecule is C=CCc1ccc(/C(C)=N/OCCNCC(C)C)cc1. The van der Waals surface area contributed by atoms with Crippen molar-refractivity contribution in [1.82, 2.24) is 5.32 Å². The van der Waals surface area contributed by atoms with E-state index in [0.717, 1.165) is 30.8 Å². The molecule has 0 heterocycles. The van der Waals surface area contributed by atoms with Gasteiger partial charge >= 0.3 is 0 Å². The van der Waals surface area contributed by atoms with Gasteiger partial charge in [0.2, 0.25) is 0 Å². The van der Waals surface area contributed by atoms with Crippen LogP contribution in [-0.2, 0) is 11.3 Å². The fraction of sp³-hybridized carbons (Fsp3) is 0.471. The van der Waals surface area contributed by atoms with Crippen molar-refractivity contribution in [3.8, 4) is 0 Å². The van der Waals surface area contributed by atoms with Gasteiger partial charge in [0.25, 0.3) is 0 Å². The van der Waals surface area contributed by atoms with Crippen molar-refractivity contribution in [3.05, 3.63) is 48.0 Å². The van der Waals surface area contributed by atoms with Crippen LogP contribution in [0.25, 0.3) is 0 Å². The number of allylic oxidation sites excluding steroid dienone is 1. The Bertz CT molecular complexity index is 421. The Morgan fingerprint density at radius 3 is 2.65 bits per heavy atom. The minimum absolute atomic E-state index is 0.596. The first-order valence-electron chi connectivity index (χ1n) is 7.21. The third-order valence-electron chi connectivity index (χ3n) is 2.88. The van der Waals surface area contributed by atoms with E-state index in [0.29, 0.717) is 12.5 Å². The smallest absolute Gasteiger partial charge is 0.129 e. The van der Waals surface area contributed by atoms with Gasteiger partial charge in [-0.25, -0.2) is 0 Å². The van der Waals surface area contributed by atoms with Gasteiger partial charge in [0.15, 0.2) is 0 Å². The first-order valence-corrected chi connectivity index (χ1v) is 7.21. The first-order chi connectivity index (χ1) is 9.63. The van der Waals surface area contributed by atoms with E-state index >= 15 is 0 Å². The minimum Gasteiger partial charge on any atom is -0.394 e. The Morgan fingerprint density at radius 1 is 1.35 bits per heavy atom. The van der Waals surface area contributed by atoms with E-state index < -0.39 is 0 Å². The summed E-state index contributed by atoms with van der Waals surface area (Å²) < 4.78 is 0. The van der Waals surface area contributed by atoms with Gasteiger partial charge in [-0.2, -0.15) is 0 Å². The molecule has 0 bridgehead atoms. The predicted molar refractivity (Wildman–Crippen MR) is 86.2 cm³/mol. The van der Waals surface area contributed by atoms with Gasteiger partial charge in [-0.1, -0.05) is 49.3 Å². The van der Waals surface area contributed by atoms with Crippen LogP contribution < -0.4 is 5.32 Å². The molecule has 3 heteroatoms. The maximum Gasteiger partial charge on any atom is 0.129 e. The molecule has 0 aliphatic rings. The maximum atomic E-state index is 5.32. The topological polar surface area (TPSA) is 33.6 Å². The molecule has 110 valence electrons. The zero-order chi connectivity index (χ0) is 14.8. The van der Waals surface area contributed by atoms with Crippen molar-refractivity contribution < 1.29 is 4.84 Å². The largest absolute Gasteiger partial charge is 0.394 e. The molecule has 0 radical (unpaired) electrons. The maximum absolute atomic E-state index is 5.32. The molecule has 0 aromatic heterocycles. The highest BCUT2D eigenvalue weighted by atomic mass is 16.6. The molecule has 0 aliphatic carbocycles. The van der Waals surface area contributed by atoms with E-state index in [4.69, 9.17) is 4.84 Å². The van der Waals surface area contributed by atoms with Crippen molar-refractivity contribution in [2.45, 2.75) is 27.2 Å². The number of rotatable bonds is 9. The second-order valence-corrected chi connectivity index (χ2v) is 5.30. The number of benzene rings is 1. The second kappa shape index (κ2) is 9.32. The second-order valence-electron chi connectivity index (χ2n) is 5.30. The van der Waals surface area contributed by atoms with Gasteiger partial charge in [-0.05, 0) is 36.9 Å². The molecule has 0 saturated carbocycles. The van der Waals surface area contributed by atoms with E-state index in [-0.39, 0.29) is 0 Å². The lowest BCUT2D eigenvalue weighted by Gasteiger charge is -2.07. The van der Waals surface area contributed by atoms with Gasteiger partial charge in [-0.3, -0.25) is 0 Å². The number of hydrogen-bond acceptors (Lipinski definition) is 3. The highest BCUT2D eigenvalue weighted by molar-refractivity contribution is 5.98. The van der Waals surface area contributed by atoms with Crippen LogP contribution in [0.3, 0.4) is 0 Å². The molecular formula is C17H26N2O. The molecule has 0 atom stereocenters. The summed E-state index contributed by atoms with van der Waals surface area (Å²) in [5.74, 6) is 0.661. The fourth-order valence-electron chi connectivity index (χ4n) is 1.75. The molecule has 0 unspecified atom stereocenters. The van der Waals surface area contributed by atoms with Crippen LogP contribution in [0.4, 0.5) is 0 Å². The van der Waals surface area contributed by atoms with E-state index in [1.807, 2.05) is 13.0 Å². The zero-order valence-electron chi connectivity index (χ0n) is 12.9. The van der Waals surface area contributed by atoms with Gasteiger partial charge in [-0.15, -0.1) is 6.58 Å². The summed E-state index contributed by atoms with van der Waals surface area (Å²) in [6.45, 7) is 12.5. The molecular weight excluding hydrogens is 248 g/mol. The van der Waals surface area contributed by atoms with E-state index in [2.05, 4.69) is 55.2 Å². The Morgan fingerprint density at radius 2 is 2.05 bits per heavy atom. The Kier molecular flexibility index (Phi) is 7.66. The summed E-state index contributed by atoms with van der Waals surface area (Å²) in [7, 11) is 0. The van der Waals surface area contributed by atoms with Crippen LogP contribution in [0.15, 0.2) is 42.1 Å². The summed E-state index contributed by atoms with van der Waals surface area (Å²) in [6.07, 6.45) is 2.80. The minimum atomic E-state index is 0.596. The molecule has 1 rings (SSSR count). The van der Waals surface area contributed by atoms with Gasteiger partial charge in [0.1, 0.15) is 6.61 Å². The lowest BCUT2D eigenvalue weighted by Crippen LogP contribution is -2.23. The van der Waals surface area contributed by atoms with Crippen molar-refractivity contribution in [2.24, 2.45) is 11.1 Å². The molecule has 3 nitrogen and oxygen atoms in total. The fourth-order valence-corrected chi connectivity index (χ4v) is 1.75. The average Bonchev–Trinajstić information content (AvgIpc) is 2.43. The van der Waals surface area contributed by atoms with Crippen molar-refractivity contribution >= 4 is 5.71 Å². The van der Waals surface area contributed by atoms with Gasteiger partial charge < -0.3 is 10.2 Å². The molecule has 0 amide bonds. The zero-order valence-corrected chi connectivity index (χ0v) is 12.9. The lowest BCUT2D eigenvalue weighted by atomic mass is 10.1. The predicted octanol–water partition coefficient (Wildman–Crippen LogP) is 3.40. The lowest BCUT2D eigenvalue weighted by molar-refractivity contribution is 0.145. The molecule has 0 fully saturated rings. The molecule has 1 aromatic carbocycles. The van der Waals surface area contributed by atoms with Crippen molar-refractivity contribution in [1.29, 1.82) is 0 Å². The molecule has 20 heavy (non-hydrogen) atoms. The monoisotopic (exact) mass is 274 g/mol. The Labute approximate surface area is 122 Å². The van der Waals surface area contributed by atoms with Crippen LogP contribution in [0.2, 0.25) is 0 Å². The highest BCUT2D eigenvalue weighted by Crippen LogP contribution is 2.07. The van der Waals surface area contributed by atoms with Gasteiger partial charge in [0, 0.05) is 6.54 Å².